The summed E-state index contributed by atoms with van der Waals surface area (Å²) in [5, 5.41) is 0.554. The SMILES string of the molecule is NCc1ccc(S(=O)(=O)Nc2cccc3ncccc23)o1. The lowest BCUT2D eigenvalue weighted by atomic mass is 10.2. The molecule has 7 heteroatoms. The number of anilines is 1. The Morgan fingerprint density at radius 3 is 2.76 bits per heavy atom. The fourth-order valence-electron chi connectivity index (χ4n) is 2.00. The molecule has 3 N–H and O–H groups in total. The van der Waals surface area contributed by atoms with Crippen molar-refractivity contribution < 1.29 is 12.8 Å². The number of rotatable bonds is 4. The van der Waals surface area contributed by atoms with Gasteiger partial charge in [0.2, 0.25) is 5.09 Å². The predicted molar refractivity (Wildman–Crippen MR) is 79.2 cm³/mol. The highest BCUT2D eigenvalue weighted by molar-refractivity contribution is 7.92. The van der Waals surface area contributed by atoms with Gasteiger partial charge in [0, 0.05) is 11.6 Å². The lowest BCUT2D eigenvalue weighted by Gasteiger charge is -2.08. The van der Waals surface area contributed by atoms with E-state index >= 15 is 0 Å². The molecule has 0 aliphatic rings. The van der Waals surface area contributed by atoms with E-state index in [0.717, 1.165) is 0 Å². The summed E-state index contributed by atoms with van der Waals surface area (Å²) in [6.07, 6.45) is 1.65. The smallest absolute Gasteiger partial charge is 0.295 e. The number of nitrogens with one attached hydrogen (secondary N) is 1. The number of nitrogens with two attached hydrogens (primary N) is 1. The van der Waals surface area contributed by atoms with Crippen LogP contribution in [0.25, 0.3) is 10.9 Å². The van der Waals surface area contributed by atoms with E-state index in [1.807, 2.05) is 6.07 Å². The van der Waals surface area contributed by atoms with Gasteiger partial charge in [0.25, 0.3) is 10.0 Å². The molecular formula is C14H13N3O3S. The summed E-state index contributed by atoms with van der Waals surface area (Å²) >= 11 is 0. The van der Waals surface area contributed by atoms with Gasteiger partial charge in [-0.2, -0.15) is 8.42 Å². The molecule has 0 atom stereocenters. The third kappa shape index (κ3) is 2.61. The molecule has 0 unspecified atom stereocenters. The Labute approximate surface area is 121 Å². The van der Waals surface area contributed by atoms with Crippen molar-refractivity contribution in [2.45, 2.75) is 11.6 Å². The van der Waals surface area contributed by atoms with Gasteiger partial charge in [0.1, 0.15) is 5.76 Å². The first-order valence-corrected chi connectivity index (χ1v) is 7.74. The first kappa shape index (κ1) is 13.6. The molecule has 21 heavy (non-hydrogen) atoms. The molecule has 0 radical (unpaired) electrons. The molecule has 0 bridgehead atoms. The number of aromatic nitrogens is 1. The van der Waals surface area contributed by atoms with Crippen molar-refractivity contribution in [1.29, 1.82) is 0 Å². The van der Waals surface area contributed by atoms with Crippen LogP contribution in [0, 0.1) is 0 Å². The molecule has 0 aliphatic heterocycles. The van der Waals surface area contributed by atoms with Crippen molar-refractivity contribution in [2.24, 2.45) is 5.73 Å². The van der Waals surface area contributed by atoms with E-state index in [-0.39, 0.29) is 11.6 Å². The molecule has 1 aromatic carbocycles. The normalized spacial score (nSPS) is 11.7. The fourth-order valence-corrected chi connectivity index (χ4v) is 3.03. The Kier molecular flexibility index (Phi) is 3.36. The van der Waals surface area contributed by atoms with E-state index in [1.165, 1.54) is 6.07 Å². The quantitative estimate of drug-likeness (QED) is 0.769. The van der Waals surface area contributed by atoms with Gasteiger partial charge in [-0.1, -0.05) is 6.07 Å². The third-order valence-corrected chi connectivity index (χ3v) is 4.23. The van der Waals surface area contributed by atoms with Crippen molar-refractivity contribution in [1.82, 2.24) is 4.98 Å². The molecule has 2 heterocycles. The van der Waals surface area contributed by atoms with E-state index in [2.05, 4.69) is 9.71 Å². The molecular weight excluding hydrogens is 290 g/mol. The summed E-state index contributed by atoms with van der Waals surface area (Å²) in [5.41, 5.74) is 6.57. The number of furan rings is 1. The summed E-state index contributed by atoms with van der Waals surface area (Å²) in [6, 6.07) is 11.7. The maximum Gasteiger partial charge on any atom is 0.295 e. The van der Waals surface area contributed by atoms with Gasteiger partial charge in [-0.3, -0.25) is 9.71 Å². The number of nitrogens with zero attached hydrogens (tertiary/aromatic N) is 1. The second-order valence-corrected chi connectivity index (χ2v) is 6.02. The first-order chi connectivity index (χ1) is 10.1. The van der Waals surface area contributed by atoms with Crippen molar-refractivity contribution in [3.8, 4) is 0 Å². The van der Waals surface area contributed by atoms with Crippen LogP contribution in [0.15, 0.2) is 58.2 Å². The number of benzene rings is 1. The van der Waals surface area contributed by atoms with Gasteiger partial charge in [-0.05, 0) is 36.4 Å². The minimum absolute atomic E-state index is 0.147. The molecule has 0 amide bonds. The van der Waals surface area contributed by atoms with E-state index in [4.69, 9.17) is 10.2 Å². The summed E-state index contributed by atoms with van der Waals surface area (Å²) in [6.45, 7) is 0.147. The summed E-state index contributed by atoms with van der Waals surface area (Å²) in [5.74, 6) is 0.412. The zero-order valence-electron chi connectivity index (χ0n) is 11.0. The molecule has 0 saturated heterocycles. The Bertz CT molecular complexity index is 882. The standard InChI is InChI=1S/C14H13N3O3S/c15-9-10-6-7-14(20-10)21(18,19)17-13-5-1-4-12-11(13)3-2-8-16-12/h1-8,17H,9,15H2. The van der Waals surface area contributed by atoms with Crippen LogP contribution in [-0.4, -0.2) is 13.4 Å². The van der Waals surface area contributed by atoms with E-state index in [1.54, 1.807) is 36.5 Å². The van der Waals surface area contributed by atoms with E-state index in [0.29, 0.717) is 22.4 Å². The highest BCUT2D eigenvalue weighted by atomic mass is 32.2. The van der Waals surface area contributed by atoms with Gasteiger partial charge in [-0.25, -0.2) is 0 Å². The lowest BCUT2D eigenvalue weighted by molar-refractivity contribution is 0.417. The van der Waals surface area contributed by atoms with Gasteiger partial charge in [0.05, 0.1) is 17.7 Å². The number of hydrogen-bond acceptors (Lipinski definition) is 5. The van der Waals surface area contributed by atoms with Crippen molar-refractivity contribution in [2.75, 3.05) is 4.72 Å². The van der Waals surface area contributed by atoms with Gasteiger partial charge in [-0.15, -0.1) is 0 Å². The van der Waals surface area contributed by atoms with Crippen LogP contribution in [0.1, 0.15) is 5.76 Å². The molecule has 0 aliphatic carbocycles. The zero-order chi connectivity index (χ0) is 14.9. The van der Waals surface area contributed by atoms with Crippen LogP contribution in [0.4, 0.5) is 5.69 Å². The molecule has 0 saturated carbocycles. The number of hydrogen-bond donors (Lipinski definition) is 2. The van der Waals surface area contributed by atoms with Crippen LogP contribution < -0.4 is 10.5 Å². The van der Waals surface area contributed by atoms with Crippen molar-refractivity contribution in [3.63, 3.8) is 0 Å². The number of pyridine rings is 1. The maximum atomic E-state index is 12.3. The van der Waals surface area contributed by atoms with Gasteiger partial charge in [0.15, 0.2) is 0 Å². The number of fused-ring (bicyclic) bond motifs is 1. The van der Waals surface area contributed by atoms with E-state index < -0.39 is 10.0 Å². The minimum atomic E-state index is -3.79. The Hall–Kier alpha value is -2.38. The molecule has 108 valence electrons. The van der Waals surface area contributed by atoms with Gasteiger partial charge < -0.3 is 10.2 Å². The molecule has 6 nitrogen and oxygen atoms in total. The first-order valence-electron chi connectivity index (χ1n) is 6.25. The monoisotopic (exact) mass is 303 g/mol. The largest absolute Gasteiger partial charge is 0.446 e. The van der Waals surface area contributed by atoms with E-state index in [9.17, 15) is 8.42 Å². The topological polar surface area (TPSA) is 98.2 Å². The molecule has 0 fully saturated rings. The second kappa shape index (κ2) is 5.19. The zero-order valence-corrected chi connectivity index (χ0v) is 11.8. The summed E-state index contributed by atoms with van der Waals surface area (Å²) < 4.78 is 32.3. The Balaban J connectivity index is 2.01. The highest BCUT2D eigenvalue weighted by Crippen LogP contribution is 2.25. The van der Waals surface area contributed by atoms with Crippen LogP contribution >= 0.6 is 0 Å². The van der Waals surface area contributed by atoms with Crippen LogP contribution in [0.5, 0.6) is 0 Å². The van der Waals surface area contributed by atoms with Crippen molar-refractivity contribution >= 4 is 26.6 Å². The predicted octanol–water partition coefficient (Wildman–Crippen LogP) is 2.09. The van der Waals surface area contributed by atoms with Gasteiger partial charge >= 0.3 is 0 Å². The average Bonchev–Trinajstić information content (AvgIpc) is 2.97. The second-order valence-electron chi connectivity index (χ2n) is 4.41. The van der Waals surface area contributed by atoms with Crippen molar-refractivity contribution in [3.05, 3.63) is 54.4 Å². The summed E-state index contributed by atoms with van der Waals surface area (Å²) in [7, 11) is -3.79. The molecule has 3 aromatic rings. The fraction of sp³-hybridized carbons (Fsp3) is 0.0714. The average molecular weight is 303 g/mol. The Morgan fingerprint density at radius 2 is 2.00 bits per heavy atom. The minimum Gasteiger partial charge on any atom is -0.446 e. The van der Waals surface area contributed by atoms with Crippen LogP contribution in [0.3, 0.4) is 0 Å². The highest BCUT2D eigenvalue weighted by Gasteiger charge is 2.19. The molecule has 0 spiro atoms. The van der Waals surface area contributed by atoms with Crippen LogP contribution in [-0.2, 0) is 16.6 Å². The molecule has 3 rings (SSSR count). The Morgan fingerprint density at radius 1 is 1.14 bits per heavy atom. The van der Waals surface area contributed by atoms with Crippen LogP contribution in [0.2, 0.25) is 0 Å². The summed E-state index contributed by atoms with van der Waals surface area (Å²) in [4.78, 5) is 4.19. The third-order valence-electron chi connectivity index (χ3n) is 2.99. The maximum absolute atomic E-state index is 12.3. The number of sulfonamides is 1. The molecule has 2 aromatic heterocycles. The lowest BCUT2D eigenvalue weighted by Crippen LogP contribution is -2.12.